The normalized spacial score (nSPS) is 22.0. The maximum atomic E-state index is 5.90. The van der Waals surface area contributed by atoms with Gasteiger partial charge in [-0.3, -0.25) is 0 Å². The van der Waals surface area contributed by atoms with E-state index >= 15 is 0 Å². The highest BCUT2D eigenvalue weighted by Gasteiger charge is 2.17. The smallest absolute Gasteiger partial charge is 0.0409 e. The predicted molar refractivity (Wildman–Crippen MR) is 58.5 cm³/mol. The molecule has 0 aromatic heterocycles. The zero-order valence-electron chi connectivity index (χ0n) is 6.46. The molecule has 1 aromatic rings. The first-order valence-corrected chi connectivity index (χ1v) is 5.75. The van der Waals surface area contributed by atoms with Crippen LogP contribution in [0.3, 0.4) is 0 Å². The van der Waals surface area contributed by atoms with Gasteiger partial charge in [-0.2, -0.15) is 12.6 Å². The standard InChI is InChI=1S/C9H9ClS2/c10-6-1-2-9-7(5-6)8(11)3-4-12-9/h1-2,5,8,11H,3-4H2. The SMILES string of the molecule is SC1CCSc2ccc(Cl)cc21. The lowest BCUT2D eigenvalue weighted by molar-refractivity contribution is 0.872. The number of thioether (sulfide) groups is 1. The largest absolute Gasteiger partial charge is 0.171 e. The van der Waals surface area contributed by atoms with Gasteiger partial charge in [-0.15, -0.1) is 11.8 Å². The molecule has 0 nitrogen and oxygen atoms in total. The molecule has 64 valence electrons. The van der Waals surface area contributed by atoms with E-state index in [1.807, 2.05) is 23.9 Å². The summed E-state index contributed by atoms with van der Waals surface area (Å²) in [7, 11) is 0. The zero-order chi connectivity index (χ0) is 8.55. The molecule has 1 aromatic carbocycles. The van der Waals surface area contributed by atoms with E-state index in [-0.39, 0.29) is 0 Å². The summed E-state index contributed by atoms with van der Waals surface area (Å²) in [5.41, 5.74) is 1.29. The van der Waals surface area contributed by atoms with Crippen molar-refractivity contribution in [3.8, 4) is 0 Å². The topological polar surface area (TPSA) is 0 Å². The Morgan fingerprint density at radius 3 is 3.17 bits per heavy atom. The Morgan fingerprint density at radius 1 is 1.50 bits per heavy atom. The van der Waals surface area contributed by atoms with Gasteiger partial charge in [0.1, 0.15) is 0 Å². The van der Waals surface area contributed by atoms with Gasteiger partial charge < -0.3 is 0 Å². The van der Waals surface area contributed by atoms with E-state index in [9.17, 15) is 0 Å². The summed E-state index contributed by atoms with van der Waals surface area (Å²) in [6.07, 6.45) is 1.14. The predicted octanol–water partition coefficient (Wildman–Crippen LogP) is 3.81. The number of benzene rings is 1. The molecule has 12 heavy (non-hydrogen) atoms. The van der Waals surface area contributed by atoms with Gasteiger partial charge >= 0.3 is 0 Å². The molecule has 0 radical (unpaired) electrons. The molecular formula is C9H9ClS2. The van der Waals surface area contributed by atoms with Crippen molar-refractivity contribution < 1.29 is 0 Å². The molecule has 1 aliphatic heterocycles. The number of thiol groups is 1. The molecule has 0 aliphatic carbocycles. The summed E-state index contributed by atoms with van der Waals surface area (Å²) in [6, 6.07) is 6.06. The number of fused-ring (bicyclic) bond motifs is 1. The number of halogens is 1. The van der Waals surface area contributed by atoms with Crippen LogP contribution >= 0.6 is 36.0 Å². The molecular weight excluding hydrogens is 208 g/mol. The quantitative estimate of drug-likeness (QED) is 0.644. The summed E-state index contributed by atoms with van der Waals surface area (Å²) >= 11 is 12.3. The van der Waals surface area contributed by atoms with Crippen LogP contribution in [0.15, 0.2) is 23.1 Å². The van der Waals surface area contributed by atoms with E-state index < -0.39 is 0 Å². The molecule has 1 unspecified atom stereocenters. The summed E-state index contributed by atoms with van der Waals surface area (Å²) in [6.45, 7) is 0. The minimum absolute atomic E-state index is 0.375. The van der Waals surface area contributed by atoms with Gasteiger partial charge in [-0.1, -0.05) is 11.6 Å². The third-order valence-electron chi connectivity index (χ3n) is 1.98. The molecule has 0 spiro atoms. The van der Waals surface area contributed by atoms with Crippen LogP contribution in [0, 0.1) is 0 Å². The van der Waals surface area contributed by atoms with E-state index in [4.69, 9.17) is 11.6 Å². The van der Waals surface area contributed by atoms with Gasteiger partial charge in [-0.25, -0.2) is 0 Å². The first kappa shape index (κ1) is 8.79. The average molecular weight is 217 g/mol. The van der Waals surface area contributed by atoms with Crippen molar-refractivity contribution in [1.82, 2.24) is 0 Å². The Kier molecular flexibility index (Phi) is 2.58. The van der Waals surface area contributed by atoms with Crippen LogP contribution in [0.1, 0.15) is 17.2 Å². The van der Waals surface area contributed by atoms with Crippen molar-refractivity contribution >= 4 is 36.0 Å². The Balaban J connectivity index is 2.47. The van der Waals surface area contributed by atoms with Gasteiger partial charge in [-0.05, 0) is 35.9 Å². The second-order valence-corrected chi connectivity index (χ2v) is 5.03. The lowest BCUT2D eigenvalue weighted by Gasteiger charge is -2.20. The van der Waals surface area contributed by atoms with Gasteiger partial charge in [0.25, 0.3) is 0 Å². The van der Waals surface area contributed by atoms with Crippen LogP contribution in [0.2, 0.25) is 5.02 Å². The van der Waals surface area contributed by atoms with Crippen molar-refractivity contribution in [3.05, 3.63) is 28.8 Å². The van der Waals surface area contributed by atoms with Gasteiger partial charge in [0, 0.05) is 15.2 Å². The summed E-state index contributed by atoms with van der Waals surface area (Å²) in [5, 5.41) is 1.19. The van der Waals surface area contributed by atoms with E-state index in [0.29, 0.717) is 5.25 Å². The molecule has 0 fully saturated rings. The van der Waals surface area contributed by atoms with E-state index in [1.54, 1.807) is 0 Å². The fourth-order valence-corrected chi connectivity index (χ4v) is 3.24. The van der Waals surface area contributed by atoms with E-state index in [1.165, 1.54) is 16.2 Å². The average Bonchev–Trinajstić information content (AvgIpc) is 2.07. The molecule has 0 saturated heterocycles. The molecule has 3 heteroatoms. The highest BCUT2D eigenvalue weighted by Crippen LogP contribution is 2.40. The second kappa shape index (κ2) is 3.52. The summed E-state index contributed by atoms with van der Waals surface area (Å²) < 4.78 is 0. The molecule has 0 saturated carbocycles. The molecule has 0 bridgehead atoms. The van der Waals surface area contributed by atoms with Gasteiger partial charge in [0.05, 0.1) is 0 Å². The maximum Gasteiger partial charge on any atom is 0.0409 e. The van der Waals surface area contributed by atoms with Crippen molar-refractivity contribution in [3.63, 3.8) is 0 Å². The first-order valence-electron chi connectivity index (χ1n) is 3.87. The van der Waals surface area contributed by atoms with Gasteiger partial charge in [0.2, 0.25) is 0 Å². The monoisotopic (exact) mass is 216 g/mol. The minimum atomic E-state index is 0.375. The van der Waals surface area contributed by atoms with Crippen LogP contribution in [-0.4, -0.2) is 5.75 Å². The fourth-order valence-electron chi connectivity index (χ4n) is 1.35. The lowest BCUT2D eigenvalue weighted by atomic mass is 10.1. The van der Waals surface area contributed by atoms with Crippen LogP contribution in [0.5, 0.6) is 0 Å². The van der Waals surface area contributed by atoms with Crippen molar-refractivity contribution in [2.75, 3.05) is 5.75 Å². The third kappa shape index (κ3) is 1.61. The Bertz CT molecular complexity index is 299. The Morgan fingerprint density at radius 2 is 2.33 bits per heavy atom. The van der Waals surface area contributed by atoms with Crippen LogP contribution in [0.25, 0.3) is 0 Å². The molecule has 1 heterocycles. The fraction of sp³-hybridized carbons (Fsp3) is 0.333. The first-order chi connectivity index (χ1) is 5.77. The van der Waals surface area contributed by atoms with Crippen molar-refractivity contribution in [2.24, 2.45) is 0 Å². The molecule has 0 N–H and O–H groups in total. The molecule has 2 rings (SSSR count). The van der Waals surface area contributed by atoms with E-state index in [2.05, 4.69) is 18.7 Å². The molecule has 1 atom stereocenters. The second-order valence-electron chi connectivity index (χ2n) is 2.84. The number of hydrogen-bond donors (Lipinski definition) is 1. The van der Waals surface area contributed by atoms with Crippen LogP contribution < -0.4 is 0 Å². The summed E-state index contributed by atoms with van der Waals surface area (Å²) in [5.74, 6) is 1.17. The minimum Gasteiger partial charge on any atom is -0.171 e. The van der Waals surface area contributed by atoms with Crippen molar-refractivity contribution in [2.45, 2.75) is 16.6 Å². The molecule has 0 amide bonds. The van der Waals surface area contributed by atoms with Crippen LogP contribution in [0.4, 0.5) is 0 Å². The Labute approximate surface area is 87.1 Å². The molecule has 1 aliphatic rings. The van der Waals surface area contributed by atoms with E-state index in [0.717, 1.165) is 11.4 Å². The van der Waals surface area contributed by atoms with Crippen molar-refractivity contribution in [1.29, 1.82) is 0 Å². The highest BCUT2D eigenvalue weighted by atomic mass is 35.5. The third-order valence-corrected chi connectivity index (χ3v) is 3.87. The van der Waals surface area contributed by atoms with Crippen LogP contribution in [-0.2, 0) is 0 Å². The Hall–Kier alpha value is 0.210. The zero-order valence-corrected chi connectivity index (χ0v) is 8.92. The number of rotatable bonds is 0. The highest BCUT2D eigenvalue weighted by molar-refractivity contribution is 7.99. The number of hydrogen-bond acceptors (Lipinski definition) is 2. The van der Waals surface area contributed by atoms with Gasteiger partial charge in [0.15, 0.2) is 0 Å². The maximum absolute atomic E-state index is 5.90. The lowest BCUT2D eigenvalue weighted by Crippen LogP contribution is -2.01. The summed E-state index contributed by atoms with van der Waals surface area (Å²) in [4.78, 5) is 1.34.